The largest absolute Gasteiger partial charge is 0.489 e. The van der Waals surface area contributed by atoms with Gasteiger partial charge in [-0.05, 0) is 54.4 Å². The van der Waals surface area contributed by atoms with Crippen molar-refractivity contribution in [2.45, 2.75) is 13.5 Å². The molecule has 3 aromatic rings. The van der Waals surface area contributed by atoms with Crippen LogP contribution in [-0.2, 0) is 11.3 Å². The molecule has 3 aromatic carbocycles. The highest BCUT2D eigenvalue weighted by Crippen LogP contribution is 2.15. The zero-order chi connectivity index (χ0) is 21.3. The molecule has 1 amide bonds. The van der Waals surface area contributed by atoms with E-state index >= 15 is 0 Å². The Bertz CT molecular complexity index is 1020. The first-order chi connectivity index (χ1) is 14.5. The van der Waals surface area contributed by atoms with Crippen molar-refractivity contribution >= 4 is 18.1 Å². The van der Waals surface area contributed by atoms with Crippen LogP contribution in [0.3, 0.4) is 0 Å². The number of methoxy groups -OCH3 is 1. The number of rotatable bonds is 7. The molecule has 6 heteroatoms. The second kappa shape index (κ2) is 10.0. The van der Waals surface area contributed by atoms with Gasteiger partial charge in [0.15, 0.2) is 0 Å². The van der Waals surface area contributed by atoms with E-state index < -0.39 is 5.97 Å². The lowest BCUT2D eigenvalue weighted by molar-refractivity contribution is 0.0600. The fourth-order valence-corrected chi connectivity index (χ4v) is 2.61. The van der Waals surface area contributed by atoms with Crippen LogP contribution in [0.4, 0.5) is 0 Å². The van der Waals surface area contributed by atoms with Crippen molar-refractivity contribution in [3.63, 3.8) is 0 Å². The zero-order valence-electron chi connectivity index (χ0n) is 16.8. The second-order valence-electron chi connectivity index (χ2n) is 6.61. The number of carbonyl (C=O) groups excluding carboxylic acids is 2. The lowest BCUT2D eigenvalue weighted by atomic mass is 10.1. The van der Waals surface area contributed by atoms with Crippen LogP contribution in [0.15, 0.2) is 77.9 Å². The maximum Gasteiger partial charge on any atom is 0.337 e. The Hall–Kier alpha value is -3.93. The summed E-state index contributed by atoms with van der Waals surface area (Å²) in [5.41, 5.74) is 6.41. The van der Waals surface area contributed by atoms with Crippen LogP contribution in [0.1, 0.15) is 37.4 Å². The number of ether oxygens (including phenoxy) is 2. The normalized spacial score (nSPS) is 10.6. The molecule has 6 nitrogen and oxygen atoms in total. The molecule has 0 radical (unpaired) electrons. The van der Waals surface area contributed by atoms with Crippen LogP contribution in [0.25, 0.3) is 0 Å². The van der Waals surface area contributed by atoms with Crippen molar-refractivity contribution in [3.8, 4) is 5.75 Å². The molecule has 0 bridgehead atoms. The zero-order valence-corrected chi connectivity index (χ0v) is 16.8. The Labute approximate surface area is 175 Å². The van der Waals surface area contributed by atoms with Gasteiger partial charge in [0.05, 0.1) is 18.9 Å². The fourth-order valence-electron chi connectivity index (χ4n) is 2.61. The van der Waals surface area contributed by atoms with Gasteiger partial charge in [0.2, 0.25) is 0 Å². The van der Waals surface area contributed by atoms with E-state index in [4.69, 9.17) is 4.74 Å². The molecule has 0 saturated carbocycles. The van der Waals surface area contributed by atoms with Crippen LogP contribution < -0.4 is 10.2 Å². The maximum absolute atomic E-state index is 12.2. The SMILES string of the molecule is COC(=O)c1ccc(/C=N/NC(=O)c2ccc(OCc3ccc(C)cc3)cc2)cc1. The highest BCUT2D eigenvalue weighted by molar-refractivity contribution is 5.95. The van der Waals surface area contributed by atoms with Gasteiger partial charge in [-0.1, -0.05) is 42.0 Å². The lowest BCUT2D eigenvalue weighted by Crippen LogP contribution is -2.17. The van der Waals surface area contributed by atoms with E-state index in [1.165, 1.54) is 18.9 Å². The number of nitrogens with one attached hydrogen (secondary N) is 1. The van der Waals surface area contributed by atoms with Crippen LogP contribution in [0.2, 0.25) is 0 Å². The summed E-state index contributed by atoms with van der Waals surface area (Å²) in [7, 11) is 1.33. The summed E-state index contributed by atoms with van der Waals surface area (Å²) >= 11 is 0. The summed E-state index contributed by atoms with van der Waals surface area (Å²) < 4.78 is 10.4. The minimum Gasteiger partial charge on any atom is -0.489 e. The maximum atomic E-state index is 12.2. The van der Waals surface area contributed by atoms with Crippen molar-refractivity contribution in [2.24, 2.45) is 5.10 Å². The van der Waals surface area contributed by atoms with Crippen LogP contribution in [0, 0.1) is 6.92 Å². The van der Waals surface area contributed by atoms with Crippen LogP contribution in [0.5, 0.6) is 5.75 Å². The topological polar surface area (TPSA) is 77.0 Å². The van der Waals surface area contributed by atoms with Gasteiger partial charge in [-0.15, -0.1) is 0 Å². The summed E-state index contributed by atoms with van der Waals surface area (Å²) in [5.74, 6) is -0.0538. The molecule has 152 valence electrons. The third-order valence-electron chi connectivity index (χ3n) is 4.35. The molecule has 0 unspecified atom stereocenters. The summed E-state index contributed by atoms with van der Waals surface area (Å²) in [6, 6.07) is 21.7. The average molecular weight is 402 g/mol. The third kappa shape index (κ3) is 5.78. The minimum atomic E-state index is -0.405. The van der Waals surface area contributed by atoms with Gasteiger partial charge in [0.1, 0.15) is 12.4 Å². The van der Waals surface area contributed by atoms with Gasteiger partial charge in [-0.2, -0.15) is 5.10 Å². The van der Waals surface area contributed by atoms with E-state index in [0.717, 1.165) is 11.1 Å². The Balaban J connectivity index is 1.51. The molecule has 0 atom stereocenters. The van der Waals surface area contributed by atoms with Crippen LogP contribution in [-0.4, -0.2) is 25.2 Å². The molecule has 30 heavy (non-hydrogen) atoms. The number of hydrogen-bond donors (Lipinski definition) is 1. The molecule has 3 rings (SSSR count). The number of carbonyl (C=O) groups is 2. The van der Waals surface area contributed by atoms with Crippen molar-refractivity contribution in [1.82, 2.24) is 5.43 Å². The van der Waals surface area contributed by atoms with E-state index in [1.807, 2.05) is 31.2 Å². The number of esters is 1. The molecule has 0 heterocycles. The first-order valence-corrected chi connectivity index (χ1v) is 9.35. The Kier molecular flexibility index (Phi) is 6.95. The second-order valence-corrected chi connectivity index (χ2v) is 6.61. The van der Waals surface area contributed by atoms with Gasteiger partial charge >= 0.3 is 5.97 Å². The standard InChI is InChI=1S/C24H22N2O4/c1-17-3-5-19(6-4-17)16-30-22-13-11-20(12-14-22)23(27)26-25-15-18-7-9-21(10-8-18)24(28)29-2/h3-15H,16H2,1-2H3,(H,26,27)/b25-15+. The molecule has 0 aliphatic rings. The molecule has 0 saturated heterocycles. The highest BCUT2D eigenvalue weighted by atomic mass is 16.5. The molecule has 0 spiro atoms. The molecular weight excluding hydrogens is 380 g/mol. The molecule has 0 aliphatic carbocycles. The van der Waals surface area contributed by atoms with Gasteiger partial charge in [0, 0.05) is 5.56 Å². The monoisotopic (exact) mass is 402 g/mol. The van der Waals surface area contributed by atoms with Crippen molar-refractivity contribution in [3.05, 3.63) is 101 Å². The third-order valence-corrected chi connectivity index (χ3v) is 4.35. The number of aryl methyl sites for hydroxylation is 1. The van der Waals surface area contributed by atoms with Crippen molar-refractivity contribution < 1.29 is 19.1 Å². The Morgan fingerprint density at radius 1 is 0.900 bits per heavy atom. The van der Waals surface area contributed by atoms with Gasteiger partial charge < -0.3 is 9.47 Å². The summed E-state index contributed by atoms with van der Waals surface area (Å²) in [5, 5.41) is 3.95. The van der Waals surface area contributed by atoms with E-state index in [1.54, 1.807) is 48.5 Å². The Morgan fingerprint density at radius 2 is 1.53 bits per heavy atom. The highest BCUT2D eigenvalue weighted by Gasteiger charge is 2.06. The van der Waals surface area contributed by atoms with Crippen LogP contribution >= 0.6 is 0 Å². The van der Waals surface area contributed by atoms with E-state index in [9.17, 15) is 9.59 Å². The number of amides is 1. The quantitative estimate of drug-likeness (QED) is 0.366. The lowest BCUT2D eigenvalue weighted by Gasteiger charge is -2.07. The fraction of sp³-hybridized carbons (Fsp3) is 0.125. The number of nitrogens with zero attached hydrogens (tertiary/aromatic N) is 1. The molecular formula is C24H22N2O4. The van der Waals surface area contributed by atoms with Gasteiger partial charge in [-0.25, -0.2) is 10.2 Å². The van der Waals surface area contributed by atoms with Crippen molar-refractivity contribution in [2.75, 3.05) is 7.11 Å². The molecule has 0 aliphatic heterocycles. The summed E-state index contributed by atoms with van der Waals surface area (Å²) in [4.78, 5) is 23.6. The number of hydrogen-bond acceptors (Lipinski definition) is 5. The first kappa shape index (κ1) is 20.8. The smallest absolute Gasteiger partial charge is 0.337 e. The summed E-state index contributed by atoms with van der Waals surface area (Å²) in [6.07, 6.45) is 1.50. The first-order valence-electron chi connectivity index (χ1n) is 9.35. The van der Waals surface area contributed by atoms with Gasteiger partial charge in [0.25, 0.3) is 5.91 Å². The number of hydrazone groups is 1. The van der Waals surface area contributed by atoms with E-state index in [-0.39, 0.29) is 5.91 Å². The van der Waals surface area contributed by atoms with Gasteiger partial charge in [-0.3, -0.25) is 4.79 Å². The minimum absolute atomic E-state index is 0.331. The number of benzene rings is 3. The molecule has 1 N–H and O–H groups in total. The van der Waals surface area contributed by atoms with E-state index in [2.05, 4.69) is 15.3 Å². The average Bonchev–Trinajstić information content (AvgIpc) is 2.79. The van der Waals surface area contributed by atoms with Crippen molar-refractivity contribution in [1.29, 1.82) is 0 Å². The van der Waals surface area contributed by atoms with E-state index in [0.29, 0.717) is 23.5 Å². The molecule has 0 fully saturated rings. The predicted molar refractivity (Wildman–Crippen MR) is 115 cm³/mol. The summed E-state index contributed by atoms with van der Waals surface area (Å²) in [6.45, 7) is 2.50. The molecule has 0 aromatic heterocycles. The predicted octanol–water partition coefficient (Wildman–Crippen LogP) is 4.12. The Morgan fingerprint density at radius 3 is 2.17 bits per heavy atom.